The largest absolute Gasteiger partial charge is 0.497 e. The van der Waals surface area contributed by atoms with Crippen LogP contribution in [0.4, 0.5) is 0 Å². The highest BCUT2D eigenvalue weighted by atomic mass is 16.5. The molecule has 2 aromatic rings. The van der Waals surface area contributed by atoms with Crippen LogP contribution < -0.4 is 18.9 Å². The van der Waals surface area contributed by atoms with Gasteiger partial charge in [-0.3, -0.25) is 4.79 Å². The molecule has 0 radical (unpaired) electrons. The van der Waals surface area contributed by atoms with Gasteiger partial charge in [0.05, 0.1) is 39.9 Å². The lowest BCUT2D eigenvalue weighted by Crippen LogP contribution is -2.43. The van der Waals surface area contributed by atoms with Crippen LogP contribution in [0, 0.1) is 5.92 Å². The summed E-state index contributed by atoms with van der Waals surface area (Å²) in [5.74, 6) is 0.643. The minimum absolute atomic E-state index is 0.256. The number of Topliss-reactive ketones (excluding diaryl/α,β-unsaturated/α-hetero) is 1. The first-order valence-electron chi connectivity index (χ1n) is 9.31. The first-order valence-corrected chi connectivity index (χ1v) is 9.31. The van der Waals surface area contributed by atoms with Crippen molar-refractivity contribution in [3.63, 3.8) is 0 Å². The minimum atomic E-state index is -0.849. The molecule has 2 aromatic carbocycles. The average molecular weight is 398 g/mol. The molecule has 0 spiro atoms. The number of hydrogen-bond acceptors (Lipinski definition) is 6. The van der Waals surface area contributed by atoms with Crippen LogP contribution in [0.5, 0.6) is 23.0 Å². The zero-order valence-electron chi connectivity index (χ0n) is 17.6. The van der Waals surface area contributed by atoms with E-state index in [0.29, 0.717) is 28.6 Å². The summed E-state index contributed by atoms with van der Waals surface area (Å²) in [6, 6.07) is 9.02. The third-order valence-corrected chi connectivity index (χ3v) is 5.82. The van der Waals surface area contributed by atoms with Crippen LogP contribution in [-0.4, -0.2) is 40.5 Å². The number of fused-ring (bicyclic) bond motifs is 1. The van der Waals surface area contributed by atoms with Crippen molar-refractivity contribution in [2.45, 2.75) is 25.2 Å². The number of ether oxygens (including phenoxy) is 4. The first kappa shape index (κ1) is 20.7. The molecule has 2 atom stereocenters. The van der Waals surface area contributed by atoms with Gasteiger partial charge in [-0.05, 0) is 34.7 Å². The Morgan fingerprint density at radius 1 is 0.862 bits per heavy atom. The summed E-state index contributed by atoms with van der Waals surface area (Å²) in [4.78, 5) is 25.5. The normalized spacial score (nSPS) is 19.9. The van der Waals surface area contributed by atoms with Crippen LogP contribution in [0.15, 0.2) is 30.3 Å². The molecule has 6 heteroatoms. The Balaban J connectivity index is 2.27. The molecule has 0 heterocycles. The van der Waals surface area contributed by atoms with Gasteiger partial charge >= 0.3 is 0 Å². The van der Waals surface area contributed by atoms with Crippen molar-refractivity contribution in [1.82, 2.24) is 0 Å². The fourth-order valence-electron chi connectivity index (χ4n) is 4.38. The SMILES string of the molecule is COc1cc(OC)c2c(c1)C(C)(C)C(c1ccc(OC)c(OC)c1)C(C=O)C2=O. The molecule has 0 saturated heterocycles. The Hall–Kier alpha value is -3.02. The molecule has 2 unspecified atom stereocenters. The molecule has 0 bridgehead atoms. The fraction of sp³-hybridized carbons (Fsp3) is 0.391. The van der Waals surface area contributed by atoms with E-state index < -0.39 is 17.3 Å². The quantitative estimate of drug-likeness (QED) is 0.545. The lowest BCUT2D eigenvalue weighted by atomic mass is 9.58. The Kier molecular flexibility index (Phi) is 5.55. The predicted molar refractivity (Wildman–Crippen MR) is 109 cm³/mol. The summed E-state index contributed by atoms with van der Waals surface area (Å²) in [5, 5.41) is 0. The van der Waals surface area contributed by atoms with Gasteiger partial charge in [0.1, 0.15) is 17.8 Å². The van der Waals surface area contributed by atoms with E-state index in [9.17, 15) is 9.59 Å². The predicted octanol–water partition coefficient (Wildman–Crippen LogP) is 3.79. The van der Waals surface area contributed by atoms with Gasteiger partial charge in [-0.25, -0.2) is 0 Å². The molecule has 0 fully saturated rings. The molecule has 0 aliphatic heterocycles. The van der Waals surface area contributed by atoms with Crippen molar-refractivity contribution in [3.8, 4) is 23.0 Å². The van der Waals surface area contributed by atoms with E-state index in [0.717, 1.165) is 17.4 Å². The summed E-state index contributed by atoms with van der Waals surface area (Å²) in [6.07, 6.45) is 0.734. The van der Waals surface area contributed by atoms with E-state index >= 15 is 0 Å². The molecule has 0 saturated carbocycles. The highest BCUT2D eigenvalue weighted by molar-refractivity contribution is 6.10. The second-order valence-corrected chi connectivity index (χ2v) is 7.59. The van der Waals surface area contributed by atoms with Crippen molar-refractivity contribution in [2.75, 3.05) is 28.4 Å². The summed E-state index contributed by atoms with van der Waals surface area (Å²) in [6.45, 7) is 4.05. The van der Waals surface area contributed by atoms with E-state index in [4.69, 9.17) is 18.9 Å². The van der Waals surface area contributed by atoms with Gasteiger partial charge in [-0.1, -0.05) is 19.9 Å². The van der Waals surface area contributed by atoms with Crippen LogP contribution in [0.2, 0.25) is 0 Å². The Labute approximate surface area is 170 Å². The summed E-state index contributed by atoms with van der Waals surface area (Å²) >= 11 is 0. The fourth-order valence-corrected chi connectivity index (χ4v) is 4.38. The zero-order valence-corrected chi connectivity index (χ0v) is 17.6. The highest BCUT2D eigenvalue weighted by Crippen LogP contribution is 2.52. The Morgan fingerprint density at radius 2 is 1.52 bits per heavy atom. The molecule has 29 heavy (non-hydrogen) atoms. The van der Waals surface area contributed by atoms with Gasteiger partial charge in [0.2, 0.25) is 0 Å². The molecule has 1 aliphatic rings. The number of carbonyl (C=O) groups excluding carboxylic acids is 2. The molecule has 154 valence electrons. The molecule has 0 N–H and O–H groups in total. The maximum Gasteiger partial charge on any atom is 0.177 e. The van der Waals surface area contributed by atoms with Gasteiger partial charge < -0.3 is 23.7 Å². The van der Waals surface area contributed by atoms with Crippen LogP contribution in [0.3, 0.4) is 0 Å². The van der Waals surface area contributed by atoms with Gasteiger partial charge in [0, 0.05) is 12.0 Å². The highest BCUT2D eigenvalue weighted by Gasteiger charge is 2.49. The average Bonchev–Trinajstić information content (AvgIpc) is 2.74. The van der Waals surface area contributed by atoms with Crippen LogP contribution in [0.25, 0.3) is 0 Å². The standard InChI is InChI=1S/C23H26O6/c1-23(2)16-10-14(26-3)11-19(29-6)20(16)22(25)15(12-24)21(23)13-7-8-17(27-4)18(9-13)28-5/h7-12,15,21H,1-6H3. The second-order valence-electron chi connectivity index (χ2n) is 7.59. The van der Waals surface area contributed by atoms with Crippen LogP contribution >= 0.6 is 0 Å². The van der Waals surface area contributed by atoms with Crippen molar-refractivity contribution in [2.24, 2.45) is 5.92 Å². The number of carbonyl (C=O) groups is 2. The number of hydrogen-bond donors (Lipinski definition) is 0. The molecule has 3 rings (SSSR count). The monoisotopic (exact) mass is 398 g/mol. The summed E-state index contributed by atoms with van der Waals surface area (Å²) < 4.78 is 21.6. The van der Waals surface area contributed by atoms with Gasteiger partial charge in [-0.15, -0.1) is 0 Å². The van der Waals surface area contributed by atoms with E-state index in [1.54, 1.807) is 33.5 Å². The maximum atomic E-state index is 13.4. The van der Waals surface area contributed by atoms with Crippen molar-refractivity contribution < 1.29 is 28.5 Å². The zero-order chi connectivity index (χ0) is 21.3. The molecule has 0 aromatic heterocycles. The number of benzene rings is 2. The number of methoxy groups -OCH3 is 4. The van der Waals surface area contributed by atoms with Crippen molar-refractivity contribution in [3.05, 3.63) is 47.0 Å². The van der Waals surface area contributed by atoms with E-state index in [-0.39, 0.29) is 5.78 Å². The molecule has 0 amide bonds. The van der Waals surface area contributed by atoms with Crippen LogP contribution in [0.1, 0.15) is 41.3 Å². The van der Waals surface area contributed by atoms with Crippen LogP contribution in [-0.2, 0) is 10.2 Å². The van der Waals surface area contributed by atoms with Gasteiger partial charge in [0.15, 0.2) is 17.3 Å². The molecular weight excluding hydrogens is 372 g/mol. The maximum absolute atomic E-state index is 13.4. The van der Waals surface area contributed by atoms with Crippen molar-refractivity contribution >= 4 is 12.1 Å². The molecule has 1 aliphatic carbocycles. The first-order chi connectivity index (χ1) is 13.8. The van der Waals surface area contributed by atoms with Crippen molar-refractivity contribution in [1.29, 1.82) is 0 Å². The summed E-state index contributed by atoms with van der Waals surface area (Å²) in [5.41, 5.74) is 1.49. The lowest BCUT2D eigenvalue weighted by molar-refractivity contribution is -0.111. The Morgan fingerprint density at radius 3 is 2.07 bits per heavy atom. The smallest absolute Gasteiger partial charge is 0.177 e. The van der Waals surface area contributed by atoms with Gasteiger partial charge in [-0.2, -0.15) is 0 Å². The third-order valence-electron chi connectivity index (χ3n) is 5.82. The molecular formula is C23H26O6. The van der Waals surface area contributed by atoms with E-state index in [2.05, 4.69) is 0 Å². The minimum Gasteiger partial charge on any atom is -0.497 e. The Bertz CT molecular complexity index is 947. The number of rotatable bonds is 6. The summed E-state index contributed by atoms with van der Waals surface area (Å²) in [7, 11) is 6.19. The topological polar surface area (TPSA) is 71.1 Å². The lowest BCUT2D eigenvalue weighted by Gasteiger charge is -2.43. The van der Waals surface area contributed by atoms with E-state index in [1.807, 2.05) is 32.0 Å². The number of ketones is 1. The molecule has 6 nitrogen and oxygen atoms in total. The number of aldehydes is 1. The van der Waals surface area contributed by atoms with E-state index in [1.165, 1.54) is 7.11 Å². The second kappa shape index (κ2) is 7.78. The third kappa shape index (κ3) is 3.22. The van der Waals surface area contributed by atoms with Gasteiger partial charge in [0.25, 0.3) is 0 Å².